The molecular weight excluding hydrogens is 323 g/mol. The maximum atomic E-state index is 6.03. The molecule has 3 rings (SSSR count). The van der Waals surface area contributed by atoms with Crippen LogP contribution < -0.4 is 0 Å². The second kappa shape index (κ2) is 6.24. The van der Waals surface area contributed by atoms with Crippen LogP contribution in [0.15, 0.2) is 54.6 Å². The number of rotatable bonds is 5. The van der Waals surface area contributed by atoms with Crippen molar-refractivity contribution in [1.29, 1.82) is 0 Å². The molecule has 0 spiro atoms. The van der Waals surface area contributed by atoms with Crippen molar-refractivity contribution in [3.63, 3.8) is 0 Å². The summed E-state index contributed by atoms with van der Waals surface area (Å²) in [5, 5.41) is 0. The van der Waals surface area contributed by atoms with Gasteiger partial charge in [-0.25, -0.2) is 0 Å². The van der Waals surface area contributed by atoms with Gasteiger partial charge >= 0.3 is 135 Å². The van der Waals surface area contributed by atoms with Crippen LogP contribution in [0.1, 0.15) is 29.9 Å². The summed E-state index contributed by atoms with van der Waals surface area (Å²) < 4.78 is 1.02. The molecule has 1 aromatic rings. The molecule has 0 N–H and O–H groups in total. The molecule has 0 saturated carbocycles. The first-order chi connectivity index (χ1) is 9.71. The quantitative estimate of drug-likeness (QED) is 0.574. The Morgan fingerprint density at radius 3 is 2.60 bits per heavy atom. The van der Waals surface area contributed by atoms with Crippen LogP contribution in [-0.2, 0) is 15.7 Å². The number of benzene rings is 1. The molecule has 1 unspecified atom stereocenters. The average Bonchev–Trinajstić information content (AvgIpc) is 3.05. The fourth-order valence-electron chi connectivity index (χ4n) is 3.30. The van der Waals surface area contributed by atoms with Gasteiger partial charge in [0.15, 0.2) is 0 Å². The number of hydrogen-bond acceptors (Lipinski definition) is 0. The van der Waals surface area contributed by atoms with E-state index in [9.17, 15) is 0 Å². The van der Waals surface area contributed by atoms with Gasteiger partial charge in [-0.3, -0.25) is 0 Å². The molecule has 2 aliphatic rings. The first kappa shape index (κ1) is 14.7. The Morgan fingerprint density at radius 2 is 1.85 bits per heavy atom. The van der Waals surface area contributed by atoms with Crippen molar-refractivity contribution >= 4 is 24.7 Å². The molecular formula is C17H17Cl2Ti. The molecule has 0 nitrogen and oxygen atoms in total. The monoisotopic (exact) mass is 339 g/mol. The fraction of sp³-hybridized carbons (Fsp3) is 0.294. The summed E-state index contributed by atoms with van der Waals surface area (Å²) in [4.78, 5) is 0. The van der Waals surface area contributed by atoms with Gasteiger partial charge in [-0.15, -0.1) is 0 Å². The summed E-state index contributed by atoms with van der Waals surface area (Å²) in [7, 11) is 12.1. The molecule has 2 aliphatic carbocycles. The third kappa shape index (κ3) is 2.85. The van der Waals surface area contributed by atoms with E-state index in [1.807, 2.05) is 0 Å². The van der Waals surface area contributed by atoms with E-state index in [2.05, 4.69) is 60.7 Å². The summed E-state index contributed by atoms with van der Waals surface area (Å²) in [6, 6.07) is 8.70. The minimum absolute atomic E-state index is 0.116. The first-order valence-electron chi connectivity index (χ1n) is 7.02. The predicted octanol–water partition coefficient (Wildman–Crippen LogP) is 6.03. The van der Waals surface area contributed by atoms with Crippen LogP contribution in [0, 0.1) is 5.41 Å². The summed E-state index contributed by atoms with van der Waals surface area (Å²) >= 11 is -1.73. The predicted molar refractivity (Wildman–Crippen MR) is 84.7 cm³/mol. The molecule has 1 aromatic carbocycles. The zero-order chi connectivity index (χ0) is 14.0. The van der Waals surface area contributed by atoms with Crippen molar-refractivity contribution < 1.29 is 15.7 Å². The van der Waals surface area contributed by atoms with Crippen molar-refractivity contribution in [3.8, 4) is 0 Å². The van der Waals surface area contributed by atoms with Crippen LogP contribution in [-0.4, -0.2) is 0 Å². The Hall–Kier alpha value is -0.266. The van der Waals surface area contributed by atoms with Gasteiger partial charge in [0.25, 0.3) is 0 Å². The van der Waals surface area contributed by atoms with E-state index in [-0.39, 0.29) is 5.41 Å². The van der Waals surface area contributed by atoms with Crippen molar-refractivity contribution in [2.45, 2.75) is 23.5 Å². The van der Waals surface area contributed by atoms with Crippen LogP contribution in [0.3, 0.4) is 0 Å². The Morgan fingerprint density at radius 1 is 1.10 bits per heavy atom. The van der Waals surface area contributed by atoms with E-state index in [0.29, 0.717) is 5.92 Å². The van der Waals surface area contributed by atoms with E-state index in [0.717, 1.165) is 17.6 Å². The van der Waals surface area contributed by atoms with Gasteiger partial charge in [0.2, 0.25) is 0 Å². The standard InChI is InChI=1S/C17H17.2ClH.Ti/c1-2-11-17(12-5-6-13-17)16-10-9-14-7-3-4-8-15(14)16;;;/h3-10,12-13,16H,1-2,11H2;2*1H;/q;;;+2/p-2. The van der Waals surface area contributed by atoms with Crippen LogP contribution in [0.4, 0.5) is 0 Å². The second-order valence-electron chi connectivity index (χ2n) is 5.49. The summed E-state index contributed by atoms with van der Waals surface area (Å²) in [5.74, 6) is 0.447. The molecule has 0 saturated heterocycles. The molecule has 1 atom stereocenters. The summed E-state index contributed by atoms with van der Waals surface area (Å²) in [6.07, 6.45) is 15.9. The third-order valence-electron chi connectivity index (χ3n) is 4.28. The van der Waals surface area contributed by atoms with E-state index < -0.39 is 15.7 Å². The third-order valence-corrected chi connectivity index (χ3v) is 6.98. The summed E-state index contributed by atoms with van der Waals surface area (Å²) in [6.45, 7) is 0. The van der Waals surface area contributed by atoms with Crippen LogP contribution in [0.5, 0.6) is 0 Å². The topological polar surface area (TPSA) is 0 Å². The van der Waals surface area contributed by atoms with E-state index in [1.54, 1.807) is 0 Å². The number of allylic oxidation sites excluding steroid dienone is 5. The first-order valence-corrected chi connectivity index (χ1v) is 12.4. The van der Waals surface area contributed by atoms with Crippen molar-refractivity contribution in [2.75, 3.05) is 0 Å². The molecule has 0 radical (unpaired) electrons. The SMILES string of the molecule is [Cl][Ti]([Cl])[CH2]CCC1(C2C=Cc3ccccc32)C=CC=C1. The summed E-state index contributed by atoms with van der Waals surface area (Å²) in [5.41, 5.74) is 2.91. The van der Waals surface area contributed by atoms with Crippen LogP contribution >= 0.6 is 18.6 Å². The number of halogens is 2. The van der Waals surface area contributed by atoms with E-state index in [1.165, 1.54) is 11.1 Å². The number of fused-ring (bicyclic) bond motifs is 1. The van der Waals surface area contributed by atoms with Crippen molar-refractivity contribution in [2.24, 2.45) is 5.41 Å². The normalized spacial score (nSPS) is 21.4. The van der Waals surface area contributed by atoms with Crippen molar-refractivity contribution in [3.05, 3.63) is 65.8 Å². The molecule has 0 bridgehead atoms. The Balaban J connectivity index is 1.84. The van der Waals surface area contributed by atoms with Gasteiger partial charge in [-0.1, -0.05) is 0 Å². The maximum absolute atomic E-state index is 6.03. The molecule has 20 heavy (non-hydrogen) atoms. The molecule has 0 aromatic heterocycles. The van der Waals surface area contributed by atoms with E-state index in [4.69, 9.17) is 18.6 Å². The Kier molecular flexibility index (Phi) is 4.57. The van der Waals surface area contributed by atoms with Crippen LogP contribution in [0.25, 0.3) is 6.08 Å². The zero-order valence-electron chi connectivity index (χ0n) is 11.2. The van der Waals surface area contributed by atoms with Gasteiger partial charge in [-0.2, -0.15) is 0 Å². The van der Waals surface area contributed by atoms with Gasteiger partial charge in [0, 0.05) is 0 Å². The average molecular weight is 340 g/mol. The van der Waals surface area contributed by atoms with Gasteiger partial charge in [-0.05, 0) is 0 Å². The molecule has 0 heterocycles. The van der Waals surface area contributed by atoms with Crippen LogP contribution in [0.2, 0.25) is 4.73 Å². The Labute approximate surface area is 134 Å². The van der Waals surface area contributed by atoms with Gasteiger partial charge in [0.05, 0.1) is 0 Å². The fourth-order valence-corrected chi connectivity index (χ4v) is 5.10. The molecule has 0 fully saturated rings. The molecule has 103 valence electrons. The Bertz CT molecular complexity index is 560. The minimum atomic E-state index is -1.73. The van der Waals surface area contributed by atoms with Crippen molar-refractivity contribution in [1.82, 2.24) is 0 Å². The van der Waals surface area contributed by atoms with Gasteiger partial charge < -0.3 is 0 Å². The molecule has 0 amide bonds. The molecule has 3 heteroatoms. The number of hydrogen-bond donors (Lipinski definition) is 0. The second-order valence-corrected chi connectivity index (χ2v) is 11.9. The van der Waals surface area contributed by atoms with E-state index >= 15 is 0 Å². The zero-order valence-corrected chi connectivity index (χ0v) is 14.3. The van der Waals surface area contributed by atoms with Gasteiger partial charge in [0.1, 0.15) is 0 Å². The molecule has 0 aliphatic heterocycles.